The number of rotatable bonds is 7. The molecule has 1 saturated heterocycles. The van der Waals surface area contributed by atoms with Gasteiger partial charge in [0, 0.05) is 35.8 Å². The average molecular weight is 496 g/mol. The maximum absolute atomic E-state index is 14.1. The molecule has 1 heterocycles. The molecule has 6 nitrogen and oxygen atoms in total. The summed E-state index contributed by atoms with van der Waals surface area (Å²) < 4.78 is 5.54. The highest BCUT2D eigenvalue weighted by molar-refractivity contribution is 5.89. The Morgan fingerprint density at radius 1 is 1.03 bits per heavy atom. The highest BCUT2D eigenvalue weighted by Crippen LogP contribution is 2.65. The fraction of sp³-hybridized carbons (Fsp3) is 0.355. The second-order valence-electron chi connectivity index (χ2n) is 10.6. The molecule has 3 aromatic carbocycles. The van der Waals surface area contributed by atoms with Crippen molar-refractivity contribution >= 4 is 11.7 Å². The van der Waals surface area contributed by atoms with Crippen LogP contribution in [0.15, 0.2) is 78.9 Å². The number of nitrogens with two attached hydrogens (primary N) is 1. The van der Waals surface area contributed by atoms with E-state index in [-0.39, 0.29) is 36.5 Å². The topological polar surface area (TPSA) is 93.5 Å². The van der Waals surface area contributed by atoms with E-state index < -0.39 is 17.0 Å². The summed E-state index contributed by atoms with van der Waals surface area (Å²) in [5, 5.41) is 6.99. The molecule has 5 atom stereocenters. The van der Waals surface area contributed by atoms with Crippen molar-refractivity contribution in [3.05, 3.63) is 101 Å². The molecule has 0 spiro atoms. The van der Waals surface area contributed by atoms with Gasteiger partial charge in [-0.2, -0.15) is 0 Å². The molecule has 5 unspecified atom stereocenters. The first kappa shape index (κ1) is 23.9. The highest BCUT2D eigenvalue weighted by atomic mass is 16.5. The number of Topliss-reactive ketones (excluding diaryl/α,β-unsaturated/α-hetero) is 1. The second kappa shape index (κ2) is 9.12. The van der Waals surface area contributed by atoms with Gasteiger partial charge in [-0.15, -0.1) is 0 Å². The van der Waals surface area contributed by atoms with Gasteiger partial charge in [0.05, 0.1) is 25.2 Å². The van der Waals surface area contributed by atoms with Crippen LogP contribution in [0.1, 0.15) is 41.0 Å². The Labute approximate surface area is 217 Å². The summed E-state index contributed by atoms with van der Waals surface area (Å²) in [6.07, 6.45) is 2.11. The van der Waals surface area contributed by atoms with Crippen LogP contribution >= 0.6 is 0 Å². The summed E-state index contributed by atoms with van der Waals surface area (Å²) in [6.45, 7) is 0.445. The predicted octanol–water partition coefficient (Wildman–Crippen LogP) is 3.09. The summed E-state index contributed by atoms with van der Waals surface area (Å²) in [5.74, 6) is 0.585. The van der Waals surface area contributed by atoms with Gasteiger partial charge in [-0.25, -0.2) is 0 Å². The summed E-state index contributed by atoms with van der Waals surface area (Å²) in [4.78, 5) is 27.1. The number of fused-ring (bicyclic) bond motifs is 1. The molecule has 6 heteroatoms. The van der Waals surface area contributed by atoms with Crippen LogP contribution in [0.3, 0.4) is 0 Å². The first-order valence-electron chi connectivity index (χ1n) is 13.1. The molecule has 1 aliphatic heterocycles. The molecule has 3 aromatic rings. The minimum atomic E-state index is -0.611. The smallest absolute Gasteiger partial charge is 0.234 e. The summed E-state index contributed by atoms with van der Waals surface area (Å²) in [5.41, 5.74) is 9.40. The molecule has 2 fully saturated rings. The number of carbonyl (C=O) groups excluding carboxylic acids is 2. The lowest BCUT2D eigenvalue weighted by Crippen LogP contribution is -2.70. The molecule has 1 amide bonds. The molecule has 7 rings (SSSR count). The predicted molar refractivity (Wildman–Crippen MR) is 143 cm³/mol. The van der Waals surface area contributed by atoms with Crippen LogP contribution in [0.25, 0.3) is 0 Å². The molecule has 37 heavy (non-hydrogen) atoms. The first-order chi connectivity index (χ1) is 18.0. The van der Waals surface area contributed by atoms with Crippen molar-refractivity contribution in [1.29, 1.82) is 0 Å². The number of para-hydroxylation sites is 1. The first-order valence-corrected chi connectivity index (χ1v) is 13.1. The second-order valence-corrected chi connectivity index (χ2v) is 10.6. The van der Waals surface area contributed by atoms with Crippen LogP contribution in [0.2, 0.25) is 0 Å². The van der Waals surface area contributed by atoms with Crippen molar-refractivity contribution < 1.29 is 14.3 Å². The Hall–Kier alpha value is -3.48. The van der Waals surface area contributed by atoms with Gasteiger partial charge in [0.1, 0.15) is 5.75 Å². The zero-order valence-electron chi connectivity index (χ0n) is 21.1. The number of hydrogen-bond donors (Lipinski definition) is 3. The Morgan fingerprint density at radius 3 is 2.54 bits per heavy atom. The number of benzene rings is 3. The van der Waals surface area contributed by atoms with Gasteiger partial charge in [-0.3, -0.25) is 9.59 Å². The molecule has 0 aromatic heterocycles. The monoisotopic (exact) mass is 495 g/mol. The van der Waals surface area contributed by atoms with E-state index in [0.29, 0.717) is 12.3 Å². The van der Waals surface area contributed by atoms with Crippen LogP contribution < -0.4 is 21.1 Å². The van der Waals surface area contributed by atoms with E-state index in [9.17, 15) is 9.59 Å². The van der Waals surface area contributed by atoms with Crippen molar-refractivity contribution in [3.8, 4) is 5.75 Å². The number of methoxy groups -OCH3 is 1. The zero-order chi connectivity index (χ0) is 25.6. The average Bonchev–Trinajstić information content (AvgIpc) is 3.35. The van der Waals surface area contributed by atoms with Gasteiger partial charge in [0.25, 0.3) is 0 Å². The lowest BCUT2D eigenvalue weighted by atomic mass is 9.43. The molecule has 2 bridgehead atoms. The van der Waals surface area contributed by atoms with E-state index >= 15 is 0 Å². The molecule has 4 aliphatic rings. The van der Waals surface area contributed by atoms with E-state index in [1.165, 1.54) is 16.7 Å². The Kier molecular flexibility index (Phi) is 5.89. The SMILES string of the molecule is COc1ccccc1CC(=O)C1NCC2(NC(=O)CN)C3CCC(c4ccccc4)(c4ccccc43)C12. The Bertz CT molecular complexity index is 1340. The van der Waals surface area contributed by atoms with Crippen LogP contribution in [0.5, 0.6) is 5.75 Å². The lowest BCUT2D eigenvalue weighted by Gasteiger charge is -2.62. The van der Waals surface area contributed by atoms with Crippen LogP contribution in [-0.4, -0.2) is 43.5 Å². The van der Waals surface area contributed by atoms with E-state index in [1.807, 2.05) is 30.3 Å². The highest BCUT2D eigenvalue weighted by Gasteiger charge is 2.69. The third kappa shape index (κ3) is 3.46. The molecular weight excluding hydrogens is 462 g/mol. The standard InChI is InChI=1S/C31H33N3O3/c1-37-26-14-8-5-9-20(26)17-25(35)28-29-30(21-10-3-2-4-11-21)16-15-24(22-12-6-7-13-23(22)30)31(29,19-33-28)34-27(36)18-32/h2-14,24,28-29,33H,15-19,32H2,1H3,(H,34,36). The van der Waals surface area contributed by atoms with Gasteiger partial charge < -0.3 is 21.1 Å². The van der Waals surface area contributed by atoms with Crippen LogP contribution in [0, 0.1) is 5.92 Å². The van der Waals surface area contributed by atoms with Gasteiger partial charge in [0.15, 0.2) is 5.78 Å². The number of ether oxygens (including phenoxy) is 1. The molecule has 1 saturated carbocycles. The summed E-state index contributed by atoms with van der Waals surface area (Å²) in [7, 11) is 1.63. The Morgan fingerprint density at radius 2 is 1.76 bits per heavy atom. The number of ketones is 1. The molecule has 3 aliphatic carbocycles. The zero-order valence-corrected chi connectivity index (χ0v) is 21.1. The molecule has 190 valence electrons. The van der Waals surface area contributed by atoms with Crippen molar-refractivity contribution in [1.82, 2.24) is 10.6 Å². The van der Waals surface area contributed by atoms with E-state index in [4.69, 9.17) is 10.5 Å². The number of nitrogens with one attached hydrogen (secondary N) is 2. The van der Waals surface area contributed by atoms with Crippen molar-refractivity contribution in [2.75, 3.05) is 20.2 Å². The minimum Gasteiger partial charge on any atom is -0.496 e. The van der Waals surface area contributed by atoms with Crippen LogP contribution in [-0.2, 0) is 21.4 Å². The summed E-state index contributed by atoms with van der Waals surface area (Å²) >= 11 is 0. The molecule has 4 N–H and O–H groups in total. The van der Waals surface area contributed by atoms with E-state index in [2.05, 4.69) is 59.2 Å². The van der Waals surface area contributed by atoms with Gasteiger partial charge in [-0.05, 0) is 35.6 Å². The fourth-order valence-corrected chi connectivity index (χ4v) is 7.78. The maximum Gasteiger partial charge on any atom is 0.234 e. The van der Waals surface area contributed by atoms with Gasteiger partial charge in [0.2, 0.25) is 5.91 Å². The summed E-state index contributed by atoms with van der Waals surface area (Å²) in [6, 6.07) is 26.4. The van der Waals surface area contributed by atoms with Gasteiger partial charge >= 0.3 is 0 Å². The molecular formula is C31H33N3O3. The van der Waals surface area contributed by atoms with Crippen molar-refractivity contribution in [2.24, 2.45) is 11.7 Å². The fourth-order valence-electron chi connectivity index (χ4n) is 7.78. The van der Waals surface area contributed by atoms with Crippen molar-refractivity contribution in [2.45, 2.75) is 42.2 Å². The number of carbonyl (C=O) groups is 2. The molecule has 0 radical (unpaired) electrons. The third-order valence-electron chi connectivity index (χ3n) is 9.05. The van der Waals surface area contributed by atoms with Crippen molar-refractivity contribution in [3.63, 3.8) is 0 Å². The quantitative estimate of drug-likeness (QED) is 0.469. The number of amides is 1. The van der Waals surface area contributed by atoms with E-state index in [1.54, 1.807) is 7.11 Å². The third-order valence-corrected chi connectivity index (χ3v) is 9.05. The van der Waals surface area contributed by atoms with Crippen LogP contribution in [0.4, 0.5) is 0 Å². The minimum absolute atomic E-state index is 0.0823. The normalized spacial score (nSPS) is 29.3. The van der Waals surface area contributed by atoms with E-state index in [0.717, 1.165) is 18.4 Å². The van der Waals surface area contributed by atoms with Gasteiger partial charge in [-0.1, -0.05) is 72.8 Å². The Balaban J connectivity index is 1.53. The lowest BCUT2D eigenvalue weighted by molar-refractivity contribution is -0.127. The maximum atomic E-state index is 14.1. The largest absolute Gasteiger partial charge is 0.496 e. The number of hydrogen-bond acceptors (Lipinski definition) is 5.